The Hall–Kier alpha value is -2.37. The van der Waals surface area contributed by atoms with Gasteiger partial charge in [0.25, 0.3) is 0 Å². The molecule has 0 saturated heterocycles. The summed E-state index contributed by atoms with van der Waals surface area (Å²) in [6.07, 6.45) is 1.53. The minimum Gasteiger partial charge on any atom is -0.349 e. The fraction of sp³-hybridized carbons (Fsp3) is 0.118. The lowest BCUT2D eigenvalue weighted by molar-refractivity contribution is 0.948. The van der Waals surface area contributed by atoms with E-state index in [2.05, 4.69) is 44.9 Å². The first-order chi connectivity index (χ1) is 11.6. The second-order valence-electron chi connectivity index (χ2n) is 5.29. The van der Waals surface area contributed by atoms with Crippen molar-refractivity contribution in [1.82, 2.24) is 15.2 Å². The third kappa shape index (κ3) is 4.57. The smallest absolute Gasteiger partial charge is 0.244 e. The summed E-state index contributed by atoms with van der Waals surface area (Å²) in [5.74, 6) is 0.990. The van der Waals surface area contributed by atoms with Gasteiger partial charge < -0.3 is 10.6 Å². The van der Waals surface area contributed by atoms with Crippen molar-refractivity contribution in [3.05, 3.63) is 69.8 Å². The van der Waals surface area contributed by atoms with Gasteiger partial charge in [0.15, 0.2) is 5.82 Å². The van der Waals surface area contributed by atoms with E-state index in [0.29, 0.717) is 28.4 Å². The van der Waals surface area contributed by atoms with Gasteiger partial charge in [-0.25, -0.2) is 0 Å². The molecule has 0 aliphatic heterocycles. The molecule has 0 bridgehead atoms. The average molecular weight is 360 g/mol. The van der Waals surface area contributed by atoms with Crippen LogP contribution < -0.4 is 10.6 Å². The highest BCUT2D eigenvalue weighted by Crippen LogP contribution is 2.24. The van der Waals surface area contributed by atoms with Gasteiger partial charge in [-0.3, -0.25) is 0 Å². The van der Waals surface area contributed by atoms with E-state index in [1.54, 1.807) is 18.2 Å². The standard InChI is InChI=1S/C17H15Cl2N5/c1-11-3-2-4-12(5-11)9-20-17-23-16(10-21-24-17)22-15-7-13(18)6-14(19)8-15/h2-8,10H,9H2,1H3,(H2,20,22,23,24). The highest BCUT2D eigenvalue weighted by Gasteiger charge is 2.03. The number of halogens is 2. The van der Waals surface area contributed by atoms with Crippen LogP contribution in [-0.2, 0) is 6.54 Å². The fourth-order valence-electron chi connectivity index (χ4n) is 2.22. The average Bonchev–Trinajstić information content (AvgIpc) is 2.52. The lowest BCUT2D eigenvalue weighted by atomic mass is 10.1. The molecule has 2 aromatic carbocycles. The second kappa shape index (κ2) is 7.47. The van der Waals surface area contributed by atoms with Crippen molar-refractivity contribution in [2.75, 3.05) is 10.6 Å². The molecule has 7 heteroatoms. The number of benzene rings is 2. The van der Waals surface area contributed by atoms with Crippen molar-refractivity contribution in [3.8, 4) is 0 Å². The fourth-order valence-corrected chi connectivity index (χ4v) is 2.74. The molecule has 122 valence electrons. The van der Waals surface area contributed by atoms with E-state index in [9.17, 15) is 0 Å². The maximum Gasteiger partial charge on any atom is 0.244 e. The van der Waals surface area contributed by atoms with Crippen molar-refractivity contribution in [2.24, 2.45) is 0 Å². The summed E-state index contributed by atoms with van der Waals surface area (Å²) in [5, 5.41) is 15.3. The molecule has 0 saturated carbocycles. The highest BCUT2D eigenvalue weighted by atomic mass is 35.5. The Morgan fingerprint density at radius 3 is 2.58 bits per heavy atom. The lowest BCUT2D eigenvalue weighted by Gasteiger charge is -2.09. The second-order valence-corrected chi connectivity index (χ2v) is 6.16. The van der Waals surface area contributed by atoms with E-state index in [4.69, 9.17) is 23.2 Å². The van der Waals surface area contributed by atoms with Crippen molar-refractivity contribution < 1.29 is 0 Å². The van der Waals surface area contributed by atoms with E-state index in [0.717, 1.165) is 11.3 Å². The first kappa shape index (κ1) is 16.5. The molecule has 1 aromatic heterocycles. The van der Waals surface area contributed by atoms with E-state index >= 15 is 0 Å². The van der Waals surface area contributed by atoms with Crippen LogP contribution in [0.5, 0.6) is 0 Å². The molecule has 0 atom stereocenters. The Balaban J connectivity index is 1.69. The van der Waals surface area contributed by atoms with E-state index < -0.39 is 0 Å². The van der Waals surface area contributed by atoms with Crippen molar-refractivity contribution >= 4 is 40.7 Å². The first-order valence-electron chi connectivity index (χ1n) is 7.31. The van der Waals surface area contributed by atoms with Gasteiger partial charge in [-0.05, 0) is 30.7 Å². The largest absolute Gasteiger partial charge is 0.349 e. The van der Waals surface area contributed by atoms with Crippen LogP contribution in [0, 0.1) is 6.92 Å². The summed E-state index contributed by atoms with van der Waals surface area (Å²) in [6.45, 7) is 2.68. The first-order valence-corrected chi connectivity index (χ1v) is 8.06. The molecule has 5 nitrogen and oxygen atoms in total. The van der Waals surface area contributed by atoms with Gasteiger partial charge in [0.2, 0.25) is 5.95 Å². The number of nitrogens with one attached hydrogen (secondary N) is 2. The third-order valence-corrected chi connectivity index (χ3v) is 3.66. The number of nitrogens with zero attached hydrogens (tertiary/aromatic N) is 3. The Kier molecular flexibility index (Phi) is 5.13. The van der Waals surface area contributed by atoms with Crippen LogP contribution >= 0.6 is 23.2 Å². The molecular weight excluding hydrogens is 345 g/mol. The minimum atomic E-state index is 0.439. The number of hydrogen-bond donors (Lipinski definition) is 2. The van der Waals surface area contributed by atoms with Crippen LogP contribution in [0.1, 0.15) is 11.1 Å². The quantitative estimate of drug-likeness (QED) is 0.682. The van der Waals surface area contributed by atoms with Crippen LogP contribution in [0.15, 0.2) is 48.7 Å². The highest BCUT2D eigenvalue weighted by molar-refractivity contribution is 6.35. The maximum atomic E-state index is 5.99. The maximum absolute atomic E-state index is 5.99. The zero-order valence-electron chi connectivity index (χ0n) is 12.9. The van der Waals surface area contributed by atoms with Crippen LogP contribution in [0.4, 0.5) is 17.5 Å². The van der Waals surface area contributed by atoms with Crippen molar-refractivity contribution in [1.29, 1.82) is 0 Å². The summed E-state index contributed by atoms with van der Waals surface area (Å²) in [7, 11) is 0. The molecule has 3 rings (SSSR count). The molecule has 0 spiro atoms. The summed E-state index contributed by atoms with van der Waals surface area (Å²) in [4.78, 5) is 4.38. The molecule has 2 N–H and O–H groups in total. The summed E-state index contributed by atoms with van der Waals surface area (Å²) >= 11 is 12.0. The number of aromatic nitrogens is 3. The zero-order valence-corrected chi connectivity index (χ0v) is 14.4. The van der Waals surface area contributed by atoms with Gasteiger partial charge in [-0.1, -0.05) is 53.0 Å². The predicted octanol–water partition coefficient (Wildman–Crippen LogP) is 4.84. The van der Waals surface area contributed by atoms with Crippen LogP contribution in [-0.4, -0.2) is 15.2 Å². The topological polar surface area (TPSA) is 62.7 Å². The summed E-state index contributed by atoms with van der Waals surface area (Å²) < 4.78 is 0. The number of rotatable bonds is 5. The molecule has 0 fully saturated rings. The summed E-state index contributed by atoms with van der Waals surface area (Å²) in [6, 6.07) is 13.4. The molecule has 0 radical (unpaired) electrons. The van der Waals surface area contributed by atoms with Gasteiger partial charge >= 0.3 is 0 Å². The molecule has 0 aliphatic carbocycles. The minimum absolute atomic E-state index is 0.439. The summed E-state index contributed by atoms with van der Waals surface area (Å²) in [5.41, 5.74) is 3.10. The monoisotopic (exact) mass is 359 g/mol. The zero-order chi connectivity index (χ0) is 16.9. The van der Waals surface area contributed by atoms with Gasteiger partial charge in [0, 0.05) is 22.3 Å². The normalized spacial score (nSPS) is 10.5. The van der Waals surface area contributed by atoms with E-state index in [1.165, 1.54) is 11.8 Å². The Morgan fingerprint density at radius 1 is 1.04 bits per heavy atom. The molecular formula is C17H15Cl2N5. The van der Waals surface area contributed by atoms with E-state index in [1.807, 2.05) is 12.1 Å². The van der Waals surface area contributed by atoms with Gasteiger partial charge in [-0.2, -0.15) is 10.1 Å². The molecule has 24 heavy (non-hydrogen) atoms. The van der Waals surface area contributed by atoms with Gasteiger partial charge in [0.05, 0.1) is 6.20 Å². The SMILES string of the molecule is Cc1cccc(CNc2nncc(Nc3cc(Cl)cc(Cl)c3)n2)c1. The number of aryl methyl sites for hydroxylation is 1. The van der Waals surface area contributed by atoms with E-state index in [-0.39, 0.29) is 0 Å². The number of hydrogen-bond acceptors (Lipinski definition) is 5. The van der Waals surface area contributed by atoms with Crippen LogP contribution in [0.2, 0.25) is 10.0 Å². The van der Waals surface area contributed by atoms with Gasteiger partial charge in [-0.15, -0.1) is 5.10 Å². The Bertz CT molecular complexity index is 834. The molecule has 1 heterocycles. The molecule has 3 aromatic rings. The lowest BCUT2D eigenvalue weighted by Crippen LogP contribution is -2.06. The van der Waals surface area contributed by atoms with Crippen molar-refractivity contribution in [3.63, 3.8) is 0 Å². The Morgan fingerprint density at radius 2 is 1.83 bits per heavy atom. The van der Waals surface area contributed by atoms with Crippen LogP contribution in [0.25, 0.3) is 0 Å². The number of anilines is 3. The van der Waals surface area contributed by atoms with Gasteiger partial charge in [0.1, 0.15) is 0 Å². The molecule has 0 aliphatic rings. The van der Waals surface area contributed by atoms with Crippen molar-refractivity contribution in [2.45, 2.75) is 13.5 Å². The molecule has 0 amide bonds. The third-order valence-electron chi connectivity index (χ3n) is 3.23. The van der Waals surface area contributed by atoms with Crippen LogP contribution in [0.3, 0.4) is 0 Å². The molecule has 0 unspecified atom stereocenters. The Labute approximate surface area is 150 Å². The predicted molar refractivity (Wildman–Crippen MR) is 98.1 cm³/mol.